The minimum Gasteiger partial charge on any atom is -0.465 e. The molecule has 2 atom stereocenters. The zero-order chi connectivity index (χ0) is 25.6. The molecule has 1 aromatic heterocycles. The molecule has 35 heavy (non-hydrogen) atoms. The van der Waals surface area contributed by atoms with Crippen LogP contribution in [0.5, 0.6) is 0 Å². The molecule has 1 aromatic carbocycles. The summed E-state index contributed by atoms with van der Waals surface area (Å²) in [4.78, 5) is 41.2. The van der Waals surface area contributed by atoms with Crippen LogP contribution in [0.25, 0.3) is 0 Å². The zero-order valence-electron chi connectivity index (χ0n) is 19.8. The number of carboxylic acid groups (broad SMARTS) is 1. The standard InChI is InChI=1S/C25H30F2N4O4/c1-16(17-7-4-3-5-8-17)20-13-18(14-21(30-20)23(33)28-2)22(32)29-11-6-9-19-10-12-31(24(34)35)15-25(19,26)27/h3-5,7-8,13-14,16,19H,6,9-12,15H2,1-2H3,(H,28,33)(H,29,32)(H,34,35). The first-order valence-corrected chi connectivity index (χ1v) is 11.5. The van der Waals surface area contributed by atoms with Crippen LogP contribution in [-0.4, -0.2) is 65.5 Å². The highest BCUT2D eigenvalue weighted by atomic mass is 19.3. The van der Waals surface area contributed by atoms with Crippen molar-refractivity contribution in [3.63, 3.8) is 0 Å². The summed E-state index contributed by atoms with van der Waals surface area (Å²) >= 11 is 0. The molecule has 2 unspecified atom stereocenters. The molecule has 0 radical (unpaired) electrons. The lowest BCUT2D eigenvalue weighted by Crippen LogP contribution is -2.50. The molecule has 1 aliphatic rings. The second kappa shape index (κ2) is 11.2. The Hall–Kier alpha value is -3.56. The van der Waals surface area contributed by atoms with Crippen LogP contribution in [0.2, 0.25) is 0 Å². The molecule has 1 saturated heterocycles. The highest BCUT2D eigenvalue weighted by Gasteiger charge is 2.45. The Morgan fingerprint density at radius 1 is 1.20 bits per heavy atom. The van der Waals surface area contributed by atoms with Crippen molar-refractivity contribution in [3.8, 4) is 0 Å². The topological polar surface area (TPSA) is 112 Å². The predicted octanol–water partition coefficient (Wildman–Crippen LogP) is 3.74. The van der Waals surface area contributed by atoms with Gasteiger partial charge in [0.15, 0.2) is 0 Å². The van der Waals surface area contributed by atoms with Gasteiger partial charge in [-0.15, -0.1) is 0 Å². The Morgan fingerprint density at radius 2 is 1.91 bits per heavy atom. The number of rotatable bonds is 8. The van der Waals surface area contributed by atoms with E-state index in [0.717, 1.165) is 10.5 Å². The van der Waals surface area contributed by atoms with Crippen molar-refractivity contribution in [2.75, 3.05) is 26.7 Å². The summed E-state index contributed by atoms with van der Waals surface area (Å²) in [7, 11) is 1.48. The van der Waals surface area contributed by atoms with Gasteiger partial charge in [0.2, 0.25) is 0 Å². The van der Waals surface area contributed by atoms with Crippen molar-refractivity contribution in [1.82, 2.24) is 20.5 Å². The van der Waals surface area contributed by atoms with E-state index in [9.17, 15) is 23.2 Å². The third-order valence-corrected chi connectivity index (χ3v) is 6.34. The summed E-state index contributed by atoms with van der Waals surface area (Å²) in [5.74, 6) is -5.04. The molecule has 1 aliphatic heterocycles. The summed E-state index contributed by atoms with van der Waals surface area (Å²) in [6, 6.07) is 12.6. The van der Waals surface area contributed by atoms with Gasteiger partial charge in [0.05, 0.1) is 6.54 Å². The third-order valence-electron chi connectivity index (χ3n) is 6.34. The van der Waals surface area contributed by atoms with Gasteiger partial charge in [-0.2, -0.15) is 0 Å². The first-order valence-electron chi connectivity index (χ1n) is 11.5. The molecule has 0 bridgehead atoms. The maximum atomic E-state index is 14.3. The van der Waals surface area contributed by atoms with Gasteiger partial charge in [-0.1, -0.05) is 37.3 Å². The van der Waals surface area contributed by atoms with Gasteiger partial charge in [-0.3, -0.25) is 9.59 Å². The molecule has 2 heterocycles. The number of amides is 3. The number of hydrogen-bond donors (Lipinski definition) is 3. The van der Waals surface area contributed by atoms with Gasteiger partial charge in [0.25, 0.3) is 17.7 Å². The van der Waals surface area contributed by atoms with E-state index in [0.29, 0.717) is 12.1 Å². The van der Waals surface area contributed by atoms with Crippen LogP contribution in [0.15, 0.2) is 42.5 Å². The fraction of sp³-hybridized carbons (Fsp3) is 0.440. The van der Waals surface area contributed by atoms with E-state index >= 15 is 0 Å². The molecule has 3 rings (SSSR count). The number of benzene rings is 1. The second-order valence-electron chi connectivity index (χ2n) is 8.73. The van der Waals surface area contributed by atoms with Gasteiger partial charge in [0, 0.05) is 43.2 Å². The lowest BCUT2D eigenvalue weighted by atomic mass is 9.89. The Kier molecular flexibility index (Phi) is 8.37. The van der Waals surface area contributed by atoms with E-state index in [2.05, 4.69) is 15.6 Å². The molecule has 2 aromatic rings. The third kappa shape index (κ3) is 6.52. The van der Waals surface area contributed by atoms with Crippen LogP contribution in [0.3, 0.4) is 0 Å². The first-order chi connectivity index (χ1) is 16.6. The highest BCUT2D eigenvalue weighted by molar-refractivity contribution is 5.98. The fourth-order valence-electron chi connectivity index (χ4n) is 4.22. The molecule has 3 amide bonds. The van der Waals surface area contributed by atoms with Gasteiger partial charge in [-0.25, -0.2) is 18.6 Å². The molecule has 1 fully saturated rings. The molecular formula is C25H30F2N4O4. The first kappa shape index (κ1) is 26.1. The van der Waals surface area contributed by atoms with Gasteiger partial charge < -0.3 is 20.6 Å². The smallest absolute Gasteiger partial charge is 0.407 e. The SMILES string of the molecule is CNC(=O)c1cc(C(=O)NCCCC2CCN(C(=O)O)CC2(F)F)cc(C(C)c2ccccc2)n1. The van der Waals surface area contributed by atoms with E-state index in [1.807, 2.05) is 37.3 Å². The number of nitrogens with one attached hydrogen (secondary N) is 2. The molecule has 8 nitrogen and oxygen atoms in total. The van der Waals surface area contributed by atoms with Crippen LogP contribution in [0, 0.1) is 5.92 Å². The van der Waals surface area contributed by atoms with Crippen LogP contribution in [0.4, 0.5) is 13.6 Å². The molecule has 188 valence electrons. The van der Waals surface area contributed by atoms with Crippen LogP contribution in [0.1, 0.15) is 64.2 Å². The normalized spacial score (nSPS) is 17.9. The Labute approximate surface area is 202 Å². The van der Waals surface area contributed by atoms with Crippen molar-refractivity contribution in [1.29, 1.82) is 0 Å². The Morgan fingerprint density at radius 3 is 2.54 bits per heavy atom. The molecule has 0 aliphatic carbocycles. The van der Waals surface area contributed by atoms with Gasteiger partial charge in [0.1, 0.15) is 5.69 Å². The molecule has 10 heteroatoms. The van der Waals surface area contributed by atoms with E-state index in [1.165, 1.54) is 13.1 Å². The summed E-state index contributed by atoms with van der Waals surface area (Å²) in [5, 5.41) is 14.2. The maximum absolute atomic E-state index is 14.3. The lowest BCUT2D eigenvalue weighted by molar-refractivity contribution is -0.106. The van der Waals surface area contributed by atoms with Crippen molar-refractivity contribution >= 4 is 17.9 Å². The number of pyridine rings is 1. The lowest BCUT2D eigenvalue weighted by Gasteiger charge is -2.37. The van der Waals surface area contributed by atoms with Crippen LogP contribution in [-0.2, 0) is 0 Å². The average molecular weight is 489 g/mol. The van der Waals surface area contributed by atoms with Crippen molar-refractivity contribution in [2.45, 2.75) is 38.0 Å². The maximum Gasteiger partial charge on any atom is 0.407 e. The van der Waals surface area contributed by atoms with E-state index in [1.54, 1.807) is 6.07 Å². The monoisotopic (exact) mass is 488 g/mol. The van der Waals surface area contributed by atoms with Gasteiger partial charge in [-0.05, 0) is 37.0 Å². The Balaban J connectivity index is 1.64. The van der Waals surface area contributed by atoms with Crippen molar-refractivity contribution in [3.05, 3.63) is 65.0 Å². The Bertz CT molecular complexity index is 1060. The molecular weight excluding hydrogens is 458 g/mol. The quantitative estimate of drug-likeness (QED) is 0.490. The number of carbonyl (C=O) groups is 3. The zero-order valence-corrected chi connectivity index (χ0v) is 19.8. The minimum absolute atomic E-state index is 0.0730. The number of alkyl halides is 2. The van der Waals surface area contributed by atoms with Gasteiger partial charge >= 0.3 is 6.09 Å². The highest BCUT2D eigenvalue weighted by Crippen LogP contribution is 2.35. The number of nitrogens with zero attached hydrogens (tertiary/aromatic N) is 2. The fourth-order valence-corrected chi connectivity index (χ4v) is 4.22. The second-order valence-corrected chi connectivity index (χ2v) is 8.73. The summed E-state index contributed by atoms with van der Waals surface area (Å²) < 4.78 is 28.6. The van der Waals surface area contributed by atoms with Crippen LogP contribution >= 0.6 is 0 Å². The minimum atomic E-state index is -3.10. The summed E-state index contributed by atoms with van der Waals surface area (Å²) in [6.07, 6.45) is -0.783. The number of likely N-dealkylation sites (tertiary alicyclic amines) is 1. The largest absolute Gasteiger partial charge is 0.465 e. The average Bonchev–Trinajstić information content (AvgIpc) is 2.85. The summed E-state index contributed by atoms with van der Waals surface area (Å²) in [6.45, 7) is 1.38. The number of aromatic nitrogens is 1. The molecule has 3 N–H and O–H groups in total. The van der Waals surface area contributed by atoms with E-state index in [-0.39, 0.29) is 43.1 Å². The number of halogens is 2. The molecule has 0 spiro atoms. The number of hydrogen-bond acceptors (Lipinski definition) is 4. The van der Waals surface area contributed by atoms with E-state index in [4.69, 9.17) is 5.11 Å². The predicted molar refractivity (Wildman–Crippen MR) is 126 cm³/mol. The number of carbonyl (C=O) groups excluding carboxylic acids is 2. The molecule has 0 saturated carbocycles. The number of piperidine rings is 1. The summed E-state index contributed by atoms with van der Waals surface area (Å²) in [5.41, 5.74) is 1.92. The van der Waals surface area contributed by atoms with Crippen molar-refractivity contribution < 1.29 is 28.3 Å². The van der Waals surface area contributed by atoms with Crippen LogP contribution < -0.4 is 10.6 Å². The van der Waals surface area contributed by atoms with Crippen molar-refractivity contribution in [2.24, 2.45) is 5.92 Å². The van der Waals surface area contributed by atoms with E-state index < -0.39 is 36.3 Å².